The molecular formula is C91H110N11O10. The number of carbonyl (C=O) groups excluding carboxylic acids is 9. The molecule has 8 aromatic rings. The van der Waals surface area contributed by atoms with Gasteiger partial charge in [0.05, 0.1) is 55.4 Å². The fourth-order valence-corrected chi connectivity index (χ4v) is 15.3. The lowest BCUT2D eigenvalue weighted by molar-refractivity contribution is -0.293. The number of carbonyl (C=O) groups is 9. The zero-order valence-corrected chi connectivity index (χ0v) is 66.8. The Morgan fingerprint density at radius 3 is 0.741 bits per heavy atom. The molecule has 0 saturated carbocycles. The Bertz CT molecular complexity index is 4400. The number of benzene rings is 8. The molecule has 0 aliphatic carbocycles. The lowest BCUT2D eigenvalue weighted by Crippen LogP contribution is -2.64. The highest BCUT2D eigenvalue weighted by molar-refractivity contribution is 5.95. The molecule has 21 heteroatoms. The molecule has 0 unspecified atom stereocenters. The van der Waals surface area contributed by atoms with Crippen LogP contribution in [0.15, 0.2) is 243 Å². The molecular weight excluding hydrogens is 1410 g/mol. The number of piperidine rings is 1. The van der Waals surface area contributed by atoms with Gasteiger partial charge in [0.2, 0.25) is 53.2 Å². The normalized spacial score (nSPS) is 15.4. The first-order valence-corrected chi connectivity index (χ1v) is 38.7. The van der Waals surface area contributed by atoms with Crippen LogP contribution in [0.4, 0.5) is 0 Å². The summed E-state index contributed by atoms with van der Waals surface area (Å²) in [7, 11) is 0. The SMILES string of the molecule is C[C@H](NCC(=O)N(CC(=O)N(CC(=O)N(CC(=O)N(CC(=O)N(CC(=O)N(CC(=O)N(CC(=O)N(CC(N)=O)[C@@H](C)c1ccccc1)[C@@H](C)c1ccccc1)[C@@H](C)c1ccccc1)[C@@H](C)c1ccccc1)C1CC(C)(C)N([O])C(C)(C)C1)[C@@H](C)c1ccccc1)[C@@H](C)c1ccccc1)[C@@H](C)c1ccccc1)c1ccccc1. The van der Waals surface area contributed by atoms with Crippen molar-refractivity contribution in [2.45, 2.75) is 161 Å². The maximum atomic E-state index is 16.4. The molecule has 589 valence electrons. The molecule has 8 aromatic carbocycles. The number of rotatable bonds is 35. The van der Waals surface area contributed by atoms with Crippen LogP contribution in [0.3, 0.4) is 0 Å². The Hall–Kier alpha value is -11.1. The molecule has 1 saturated heterocycles. The van der Waals surface area contributed by atoms with Gasteiger partial charge in [-0.15, -0.1) is 10.3 Å². The van der Waals surface area contributed by atoms with Crippen molar-refractivity contribution in [2.24, 2.45) is 5.73 Å². The number of amides is 9. The molecule has 0 spiro atoms. The Balaban J connectivity index is 1.08. The highest BCUT2D eigenvalue weighted by Crippen LogP contribution is 2.40. The van der Waals surface area contributed by atoms with Gasteiger partial charge in [0, 0.05) is 23.2 Å². The summed E-state index contributed by atoms with van der Waals surface area (Å²) in [4.78, 5) is 150. The van der Waals surface area contributed by atoms with Gasteiger partial charge in [-0.1, -0.05) is 243 Å². The molecule has 1 heterocycles. The predicted molar refractivity (Wildman–Crippen MR) is 433 cm³/mol. The summed E-state index contributed by atoms with van der Waals surface area (Å²) in [5, 5.41) is 18.7. The number of nitrogens with one attached hydrogen (secondary N) is 1. The van der Waals surface area contributed by atoms with E-state index in [4.69, 9.17) is 5.73 Å². The second-order valence-corrected chi connectivity index (χ2v) is 30.7. The predicted octanol–water partition coefficient (Wildman–Crippen LogP) is 13.1. The van der Waals surface area contributed by atoms with E-state index >= 15 is 28.8 Å². The molecule has 8 atom stereocenters. The minimum atomic E-state index is -1.09. The minimum Gasteiger partial charge on any atom is -0.368 e. The van der Waals surface area contributed by atoms with Gasteiger partial charge < -0.3 is 50.2 Å². The Labute approximate surface area is 660 Å². The van der Waals surface area contributed by atoms with Gasteiger partial charge in [0.25, 0.3) is 0 Å². The summed E-state index contributed by atoms with van der Waals surface area (Å²) in [5.74, 6) is -5.42. The molecule has 1 aliphatic heterocycles. The number of primary amides is 1. The van der Waals surface area contributed by atoms with Crippen molar-refractivity contribution in [1.29, 1.82) is 0 Å². The van der Waals surface area contributed by atoms with E-state index in [1.54, 1.807) is 62.3 Å². The summed E-state index contributed by atoms with van der Waals surface area (Å²) >= 11 is 0. The Morgan fingerprint density at radius 1 is 0.312 bits per heavy atom. The van der Waals surface area contributed by atoms with Gasteiger partial charge in [-0.2, -0.15) is 0 Å². The summed E-state index contributed by atoms with van der Waals surface area (Å²) in [6.45, 7) is 17.2. The van der Waals surface area contributed by atoms with E-state index in [2.05, 4.69) is 5.32 Å². The smallest absolute Gasteiger partial charge is 0.243 e. The van der Waals surface area contributed by atoms with Crippen molar-refractivity contribution < 1.29 is 48.4 Å². The topological polar surface area (TPSA) is 241 Å². The summed E-state index contributed by atoms with van der Waals surface area (Å²) in [6.07, 6.45) is 0.192. The number of nitrogens with zero attached hydrogens (tertiary/aromatic N) is 9. The van der Waals surface area contributed by atoms with Crippen molar-refractivity contribution in [3.05, 3.63) is 287 Å². The molecule has 1 radical (unpaired) electrons. The third kappa shape index (κ3) is 21.9. The maximum absolute atomic E-state index is 16.4. The van der Waals surface area contributed by atoms with E-state index in [0.717, 1.165) is 21.8 Å². The van der Waals surface area contributed by atoms with Crippen LogP contribution in [0, 0.1) is 0 Å². The van der Waals surface area contributed by atoms with Crippen LogP contribution in [0.25, 0.3) is 0 Å². The lowest BCUT2D eigenvalue weighted by atomic mass is 9.78. The van der Waals surface area contributed by atoms with E-state index in [0.29, 0.717) is 27.8 Å². The molecule has 9 amide bonds. The number of hydrogen-bond acceptors (Lipinski definition) is 11. The summed E-state index contributed by atoms with van der Waals surface area (Å²) < 4.78 is 0. The van der Waals surface area contributed by atoms with Crippen LogP contribution in [-0.4, -0.2) is 173 Å². The first kappa shape index (κ1) is 84.9. The molecule has 1 fully saturated rings. The second kappa shape index (κ2) is 39.2. The van der Waals surface area contributed by atoms with Gasteiger partial charge in [-0.25, -0.2) is 0 Å². The highest BCUT2D eigenvalue weighted by atomic mass is 16.5. The fraction of sp³-hybridized carbons (Fsp3) is 0.374. The minimum absolute atomic E-state index is 0.0961. The third-order valence-electron chi connectivity index (χ3n) is 22.1. The molecule has 112 heavy (non-hydrogen) atoms. The summed E-state index contributed by atoms with van der Waals surface area (Å²) in [5.41, 5.74) is 9.47. The second-order valence-electron chi connectivity index (χ2n) is 30.7. The Kier molecular flexibility index (Phi) is 29.7. The van der Waals surface area contributed by atoms with E-state index < -0.39 is 159 Å². The van der Waals surface area contributed by atoms with Crippen LogP contribution in [0.5, 0.6) is 0 Å². The maximum Gasteiger partial charge on any atom is 0.243 e. The van der Waals surface area contributed by atoms with Crippen molar-refractivity contribution in [2.75, 3.05) is 58.9 Å². The highest BCUT2D eigenvalue weighted by Gasteiger charge is 2.50. The van der Waals surface area contributed by atoms with Gasteiger partial charge >= 0.3 is 0 Å². The zero-order valence-electron chi connectivity index (χ0n) is 66.8. The number of hydroxylamine groups is 2. The fourth-order valence-electron chi connectivity index (χ4n) is 15.3. The first-order chi connectivity index (χ1) is 53.5. The first-order valence-electron chi connectivity index (χ1n) is 38.7. The standard InChI is InChI=1S/C91H110N11O10/c1-64(72-37-21-13-22-38-72)93-55-82(104)95(66(3)74-41-25-15-26-42-74)57-84(106)97(68(5)76-45-29-17-30-46-76)60-87(109)100(71(8)79-51-35-20-36-52-79)62-89(111)101(80-53-90(9,10)102(112)91(11,12)54-80)63-88(110)99(70(7)78-49-33-19-34-50-78)61-86(108)98(69(6)77-47-31-18-32-48-77)59-85(107)96(67(4)75-43-27-16-28-44-75)58-83(105)94(56-81(92)103)65(2)73-39-23-14-24-40-73/h13-52,64-71,80,93H,53-63H2,1-12H3,(H2,92,103)/t64-,65-,66-,67-,68-,69-,70-,71-/m0/s1. The van der Waals surface area contributed by atoms with E-state index in [-0.39, 0.29) is 31.3 Å². The largest absolute Gasteiger partial charge is 0.368 e. The van der Waals surface area contributed by atoms with Crippen LogP contribution in [0.2, 0.25) is 0 Å². The number of hydrogen-bond donors (Lipinski definition) is 2. The van der Waals surface area contributed by atoms with Crippen molar-refractivity contribution in [3.63, 3.8) is 0 Å². The molecule has 0 bridgehead atoms. The van der Waals surface area contributed by atoms with Crippen LogP contribution in [0.1, 0.15) is 189 Å². The Morgan fingerprint density at radius 2 is 0.509 bits per heavy atom. The molecule has 3 N–H and O–H groups in total. The molecule has 21 nitrogen and oxygen atoms in total. The molecule has 0 aromatic heterocycles. The van der Waals surface area contributed by atoms with Gasteiger partial charge in [-0.05, 0) is 140 Å². The van der Waals surface area contributed by atoms with E-state index in [1.807, 2.05) is 263 Å². The zero-order chi connectivity index (χ0) is 81.0. The van der Waals surface area contributed by atoms with Crippen molar-refractivity contribution >= 4 is 53.2 Å². The quantitative estimate of drug-likeness (QED) is 0.0378. The van der Waals surface area contributed by atoms with Crippen molar-refractivity contribution in [3.8, 4) is 0 Å². The van der Waals surface area contributed by atoms with Gasteiger partial charge in [0.15, 0.2) is 0 Å². The van der Waals surface area contributed by atoms with Crippen LogP contribution in [-0.2, 0) is 48.4 Å². The van der Waals surface area contributed by atoms with Crippen LogP contribution >= 0.6 is 0 Å². The molecule has 9 rings (SSSR count). The average molecular weight is 1520 g/mol. The van der Waals surface area contributed by atoms with Crippen molar-refractivity contribution in [1.82, 2.24) is 49.6 Å². The molecule has 1 aliphatic rings. The summed E-state index contributed by atoms with van der Waals surface area (Å²) in [6, 6.07) is 67.8. The van der Waals surface area contributed by atoms with E-state index in [9.17, 15) is 19.6 Å². The van der Waals surface area contributed by atoms with Gasteiger partial charge in [-0.3, -0.25) is 43.2 Å². The van der Waals surface area contributed by atoms with Crippen LogP contribution < -0.4 is 11.1 Å². The number of nitrogens with two attached hydrogens (primary N) is 1. The van der Waals surface area contributed by atoms with Gasteiger partial charge in [0.1, 0.15) is 45.8 Å². The van der Waals surface area contributed by atoms with E-state index in [1.165, 1.54) is 39.2 Å². The third-order valence-corrected chi connectivity index (χ3v) is 22.1. The lowest BCUT2D eigenvalue weighted by Gasteiger charge is -2.52. The monoisotopic (exact) mass is 1520 g/mol. The average Bonchev–Trinajstić information content (AvgIpc) is 0.776.